The van der Waals surface area contributed by atoms with Gasteiger partial charge in [0.2, 0.25) is 0 Å². The molecule has 0 bridgehead atoms. The van der Waals surface area contributed by atoms with Gasteiger partial charge in [-0.05, 0) is 29.8 Å². The van der Waals surface area contributed by atoms with E-state index in [1.807, 2.05) is 16.7 Å². The van der Waals surface area contributed by atoms with E-state index in [1.54, 1.807) is 30.3 Å². The molecule has 0 fully saturated rings. The summed E-state index contributed by atoms with van der Waals surface area (Å²) in [6.07, 6.45) is 1.73. The molecule has 0 aliphatic rings. The fourth-order valence-corrected chi connectivity index (χ4v) is 3.52. The van der Waals surface area contributed by atoms with Crippen molar-refractivity contribution in [1.82, 2.24) is 14.8 Å². The van der Waals surface area contributed by atoms with Crippen molar-refractivity contribution < 1.29 is 4.39 Å². The van der Waals surface area contributed by atoms with Gasteiger partial charge in [-0.25, -0.2) is 4.39 Å². The number of nitrogens with zero attached hydrogens (tertiary/aromatic N) is 3. The largest absolute Gasteiger partial charge is 0.298 e. The summed E-state index contributed by atoms with van der Waals surface area (Å²) >= 11 is 13.5. The third-order valence-electron chi connectivity index (χ3n) is 3.50. The van der Waals surface area contributed by atoms with Crippen LogP contribution in [0.4, 0.5) is 4.39 Å². The number of benzene rings is 2. The van der Waals surface area contributed by atoms with Gasteiger partial charge in [0, 0.05) is 12.3 Å². The van der Waals surface area contributed by atoms with Crippen LogP contribution in [0.1, 0.15) is 5.56 Å². The minimum Gasteiger partial charge on any atom is -0.298 e. The number of hydrogen-bond acceptors (Lipinski definition) is 3. The quantitative estimate of drug-likeness (QED) is 0.387. The van der Waals surface area contributed by atoms with Gasteiger partial charge in [0.15, 0.2) is 11.0 Å². The zero-order valence-electron chi connectivity index (χ0n) is 13.1. The predicted molar refractivity (Wildman–Crippen MR) is 102 cm³/mol. The van der Waals surface area contributed by atoms with Gasteiger partial charge in [0.1, 0.15) is 5.82 Å². The maximum absolute atomic E-state index is 14.1. The number of allylic oxidation sites excluding steroid dienone is 1. The van der Waals surface area contributed by atoms with Crippen molar-refractivity contribution in [3.8, 4) is 11.4 Å². The third-order valence-corrected chi connectivity index (χ3v) is 5.27. The van der Waals surface area contributed by atoms with Crippen molar-refractivity contribution in [3.63, 3.8) is 0 Å². The van der Waals surface area contributed by atoms with Crippen LogP contribution in [0.3, 0.4) is 0 Å². The molecule has 1 aromatic heterocycles. The maximum atomic E-state index is 14.1. The molecule has 25 heavy (non-hydrogen) atoms. The van der Waals surface area contributed by atoms with E-state index in [4.69, 9.17) is 23.2 Å². The molecular weight excluding hydrogens is 380 g/mol. The number of rotatable bonds is 6. The molecule has 0 radical (unpaired) electrons. The van der Waals surface area contributed by atoms with E-state index in [0.29, 0.717) is 38.9 Å². The molecule has 3 nitrogen and oxygen atoms in total. The monoisotopic (exact) mass is 393 g/mol. The van der Waals surface area contributed by atoms with E-state index >= 15 is 0 Å². The lowest BCUT2D eigenvalue weighted by atomic mass is 10.2. The standard InChI is InChI=1S/C18H14Cl2FN3S/c1-2-9-24-17(13-5-3-4-6-16(13)21)22-23-18(24)25-11-12-7-8-14(19)15(20)10-12/h2-8,10H,1,9,11H2. The highest BCUT2D eigenvalue weighted by Crippen LogP contribution is 2.29. The second-order valence-corrected chi connectivity index (χ2v) is 6.98. The van der Waals surface area contributed by atoms with Crippen LogP contribution in [0, 0.1) is 5.82 Å². The van der Waals surface area contributed by atoms with Crippen molar-refractivity contribution in [2.75, 3.05) is 0 Å². The van der Waals surface area contributed by atoms with Gasteiger partial charge >= 0.3 is 0 Å². The minimum absolute atomic E-state index is 0.332. The lowest BCUT2D eigenvalue weighted by Crippen LogP contribution is -2.01. The van der Waals surface area contributed by atoms with Gasteiger partial charge in [-0.2, -0.15) is 0 Å². The Hall–Kier alpha value is -1.82. The van der Waals surface area contributed by atoms with Gasteiger partial charge in [-0.3, -0.25) is 4.57 Å². The van der Waals surface area contributed by atoms with Gasteiger partial charge in [-0.1, -0.05) is 59.2 Å². The molecule has 2 aromatic carbocycles. The fourth-order valence-electron chi connectivity index (χ4n) is 2.31. The first-order valence-corrected chi connectivity index (χ1v) is 9.20. The average Bonchev–Trinajstić information content (AvgIpc) is 2.99. The van der Waals surface area contributed by atoms with Crippen molar-refractivity contribution >= 4 is 35.0 Å². The normalized spacial score (nSPS) is 10.8. The summed E-state index contributed by atoms with van der Waals surface area (Å²) in [5.41, 5.74) is 1.43. The Morgan fingerprint density at radius 1 is 1.12 bits per heavy atom. The highest BCUT2D eigenvalue weighted by molar-refractivity contribution is 7.98. The number of aromatic nitrogens is 3. The second kappa shape index (κ2) is 8.04. The summed E-state index contributed by atoms with van der Waals surface area (Å²) in [5.74, 6) is 0.791. The summed E-state index contributed by atoms with van der Waals surface area (Å²) in [5, 5.41) is 10.1. The Kier molecular flexibility index (Phi) is 5.78. The molecule has 0 N–H and O–H groups in total. The molecule has 0 aliphatic carbocycles. The van der Waals surface area contributed by atoms with Crippen LogP contribution >= 0.6 is 35.0 Å². The van der Waals surface area contributed by atoms with E-state index in [9.17, 15) is 4.39 Å². The zero-order valence-corrected chi connectivity index (χ0v) is 15.5. The van der Waals surface area contributed by atoms with Crippen LogP contribution < -0.4 is 0 Å². The smallest absolute Gasteiger partial charge is 0.192 e. The molecule has 3 aromatic rings. The number of thioether (sulfide) groups is 1. The summed E-state index contributed by atoms with van der Waals surface area (Å²) < 4.78 is 15.9. The summed E-state index contributed by atoms with van der Waals surface area (Å²) in [6, 6.07) is 12.0. The molecule has 0 saturated carbocycles. The van der Waals surface area contributed by atoms with E-state index in [1.165, 1.54) is 17.8 Å². The first-order chi connectivity index (χ1) is 12.1. The molecule has 0 amide bonds. The molecule has 0 atom stereocenters. The Bertz CT molecular complexity index is 911. The first kappa shape index (κ1) is 18.0. The van der Waals surface area contributed by atoms with E-state index in [2.05, 4.69) is 16.8 Å². The van der Waals surface area contributed by atoms with Crippen LogP contribution in [0.25, 0.3) is 11.4 Å². The molecule has 0 aliphatic heterocycles. The van der Waals surface area contributed by atoms with Crippen molar-refractivity contribution in [1.29, 1.82) is 0 Å². The topological polar surface area (TPSA) is 30.7 Å². The van der Waals surface area contributed by atoms with Gasteiger partial charge < -0.3 is 0 Å². The van der Waals surface area contributed by atoms with Gasteiger partial charge in [0.05, 0.1) is 15.6 Å². The van der Waals surface area contributed by atoms with E-state index in [-0.39, 0.29) is 5.82 Å². The SMILES string of the molecule is C=CCn1c(SCc2ccc(Cl)c(Cl)c2)nnc1-c1ccccc1F. The molecule has 0 unspecified atom stereocenters. The highest BCUT2D eigenvalue weighted by atomic mass is 35.5. The van der Waals surface area contributed by atoms with Gasteiger partial charge in [0.25, 0.3) is 0 Å². The average molecular weight is 394 g/mol. The molecule has 128 valence electrons. The second-order valence-electron chi connectivity index (χ2n) is 5.22. The van der Waals surface area contributed by atoms with Crippen molar-refractivity contribution in [2.24, 2.45) is 0 Å². The lowest BCUT2D eigenvalue weighted by molar-refractivity contribution is 0.626. The molecule has 0 saturated heterocycles. The van der Waals surface area contributed by atoms with Crippen LogP contribution in [-0.2, 0) is 12.3 Å². The molecule has 7 heteroatoms. The zero-order chi connectivity index (χ0) is 17.8. The molecule has 1 heterocycles. The maximum Gasteiger partial charge on any atom is 0.192 e. The number of halogens is 3. The van der Waals surface area contributed by atoms with Crippen LogP contribution in [0.2, 0.25) is 10.0 Å². The Labute approximate surface area is 159 Å². The summed E-state index contributed by atoms with van der Waals surface area (Å²) in [6.45, 7) is 4.25. The van der Waals surface area contributed by atoms with Crippen molar-refractivity contribution in [2.45, 2.75) is 17.5 Å². The van der Waals surface area contributed by atoms with E-state index < -0.39 is 0 Å². The minimum atomic E-state index is -0.332. The molecule has 0 spiro atoms. The third kappa shape index (κ3) is 4.06. The fraction of sp³-hybridized carbons (Fsp3) is 0.111. The summed E-state index contributed by atoms with van der Waals surface area (Å²) in [7, 11) is 0. The Morgan fingerprint density at radius 2 is 1.92 bits per heavy atom. The lowest BCUT2D eigenvalue weighted by Gasteiger charge is -2.08. The molecular formula is C18H14Cl2FN3S. The van der Waals surface area contributed by atoms with Crippen LogP contribution in [0.15, 0.2) is 60.3 Å². The first-order valence-electron chi connectivity index (χ1n) is 7.46. The summed E-state index contributed by atoms with van der Waals surface area (Å²) in [4.78, 5) is 0. The van der Waals surface area contributed by atoms with Gasteiger partial charge in [-0.15, -0.1) is 16.8 Å². The molecule has 3 rings (SSSR count). The number of hydrogen-bond donors (Lipinski definition) is 0. The van der Waals surface area contributed by atoms with Crippen LogP contribution in [-0.4, -0.2) is 14.8 Å². The van der Waals surface area contributed by atoms with E-state index in [0.717, 1.165) is 5.56 Å². The van der Waals surface area contributed by atoms with Crippen LogP contribution in [0.5, 0.6) is 0 Å². The van der Waals surface area contributed by atoms with Crippen molar-refractivity contribution in [3.05, 3.63) is 76.5 Å². The Morgan fingerprint density at radius 3 is 2.64 bits per heavy atom. The Balaban J connectivity index is 1.88. The predicted octanol–water partition coefficient (Wildman–Crippen LogP) is 5.87. The highest BCUT2D eigenvalue weighted by Gasteiger charge is 2.16.